The molecule has 23 heavy (non-hydrogen) atoms. The van der Waals surface area contributed by atoms with Gasteiger partial charge in [-0.3, -0.25) is 4.79 Å². The lowest BCUT2D eigenvalue weighted by molar-refractivity contribution is -0.107. The second-order valence-corrected chi connectivity index (χ2v) is 11.8. The Bertz CT molecular complexity index is 546. The monoisotopic (exact) mass is 448 g/mol. The van der Waals surface area contributed by atoms with E-state index in [9.17, 15) is 4.79 Å². The van der Waals surface area contributed by atoms with Gasteiger partial charge in [-0.15, -0.1) is 23.5 Å². The molecule has 0 radical (unpaired) electrons. The van der Waals surface area contributed by atoms with Crippen LogP contribution in [-0.4, -0.2) is 32.9 Å². The van der Waals surface area contributed by atoms with Crippen LogP contribution in [0.25, 0.3) is 0 Å². The van der Waals surface area contributed by atoms with Crippen molar-refractivity contribution in [2.24, 2.45) is 0 Å². The van der Waals surface area contributed by atoms with E-state index >= 15 is 0 Å². The van der Waals surface area contributed by atoms with E-state index in [4.69, 9.17) is 0 Å². The lowest BCUT2D eigenvalue weighted by Gasteiger charge is -2.13. The summed E-state index contributed by atoms with van der Waals surface area (Å²) in [6.45, 7) is 7.61. The summed E-state index contributed by atoms with van der Waals surface area (Å²) >= 11 is 11.0. The fourth-order valence-electron chi connectivity index (χ4n) is 2.01. The minimum Gasteiger partial charge on any atom is -0.282 e. The van der Waals surface area contributed by atoms with Gasteiger partial charge in [0.1, 0.15) is 0 Å². The second kappa shape index (κ2) is 9.85. The van der Waals surface area contributed by atoms with Crippen molar-refractivity contribution in [1.82, 2.24) is 0 Å². The molecule has 1 aromatic carbocycles. The van der Waals surface area contributed by atoms with Gasteiger partial charge in [-0.2, -0.15) is 11.8 Å². The molecule has 0 aromatic heterocycles. The van der Waals surface area contributed by atoms with E-state index in [1.807, 2.05) is 23.5 Å². The van der Waals surface area contributed by atoms with E-state index in [1.165, 1.54) is 23.1 Å². The lowest BCUT2D eigenvalue weighted by Crippen LogP contribution is -2.10. The molecule has 1 aliphatic rings. The number of carbonyl (C=O) groups is 1. The van der Waals surface area contributed by atoms with Crippen LogP contribution in [0, 0.1) is 0 Å². The number of rotatable bonds is 7. The quantitative estimate of drug-likeness (QED) is 0.456. The van der Waals surface area contributed by atoms with E-state index in [0.29, 0.717) is 20.7 Å². The molecule has 1 fully saturated rings. The number of hydrogen-bond donors (Lipinski definition) is 0. The number of carbonyl (C=O) groups excluding carboxylic acids is 1. The molecule has 1 heterocycles. The van der Waals surface area contributed by atoms with Crippen LogP contribution in [0.4, 0.5) is 0 Å². The van der Waals surface area contributed by atoms with Crippen LogP contribution in [0.15, 0.2) is 40.9 Å². The molecular weight excluding hydrogens is 428 g/mol. The van der Waals surface area contributed by atoms with Crippen molar-refractivity contribution in [3.8, 4) is 0 Å². The minimum atomic E-state index is 0.124. The topological polar surface area (TPSA) is 17.1 Å². The molecule has 2 rings (SSSR count). The van der Waals surface area contributed by atoms with Crippen molar-refractivity contribution in [2.75, 3.05) is 17.3 Å². The highest BCUT2D eigenvalue weighted by atomic mass is 79.9. The molecule has 1 nitrogen and oxygen atoms in total. The average Bonchev–Trinajstić information content (AvgIpc) is 2.96. The molecular formula is C17H21BrOS4. The van der Waals surface area contributed by atoms with Gasteiger partial charge in [0.2, 0.25) is 5.12 Å². The summed E-state index contributed by atoms with van der Waals surface area (Å²) in [4.78, 5) is 11.6. The fraction of sp³-hybridized carbons (Fsp3) is 0.471. The second-order valence-electron chi connectivity index (χ2n) is 5.51. The Hall–Kier alpha value is 0.510. The molecule has 0 aliphatic carbocycles. The maximum Gasteiger partial charge on any atom is 0.214 e. The minimum absolute atomic E-state index is 0.124. The molecule has 1 saturated heterocycles. The molecule has 126 valence electrons. The molecule has 6 heteroatoms. The van der Waals surface area contributed by atoms with Gasteiger partial charge in [0.15, 0.2) is 0 Å². The van der Waals surface area contributed by atoms with E-state index in [1.54, 1.807) is 6.92 Å². The van der Waals surface area contributed by atoms with Crippen molar-refractivity contribution in [3.63, 3.8) is 0 Å². The van der Waals surface area contributed by atoms with Gasteiger partial charge in [-0.25, -0.2) is 0 Å². The Morgan fingerprint density at radius 1 is 1.43 bits per heavy atom. The van der Waals surface area contributed by atoms with Crippen molar-refractivity contribution in [1.29, 1.82) is 0 Å². The van der Waals surface area contributed by atoms with Gasteiger partial charge in [-0.1, -0.05) is 53.3 Å². The molecule has 0 N–H and O–H groups in total. The summed E-state index contributed by atoms with van der Waals surface area (Å²) in [5.74, 6) is 3.40. The van der Waals surface area contributed by atoms with E-state index in [0.717, 1.165) is 16.0 Å². The molecule has 3 atom stereocenters. The molecule has 3 unspecified atom stereocenters. The van der Waals surface area contributed by atoms with Crippen LogP contribution >= 0.6 is 63.0 Å². The van der Waals surface area contributed by atoms with E-state index in [-0.39, 0.29) is 5.12 Å². The zero-order chi connectivity index (χ0) is 16.8. The van der Waals surface area contributed by atoms with Gasteiger partial charge in [-0.05, 0) is 30.2 Å². The average molecular weight is 450 g/mol. The summed E-state index contributed by atoms with van der Waals surface area (Å²) in [6, 6.07) is 8.67. The van der Waals surface area contributed by atoms with Crippen LogP contribution in [0.5, 0.6) is 0 Å². The van der Waals surface area contributed by atoms with Gasteiger partial charge in [0, 0.05) is 32.2 Å². The SMILES string of the molecule is C=C(C)C(=O)SC(C)CSCC1CSC(c2ccc(Br)cc2)S1. The van der Waals surface area contributed by atoms with Crippen molar-refractivity contribution in [2.45, 2.75) is 28.9 Å². The Morgan fingerprint density at radius 3 is 2.78 bits per heavy atom. The zero-order valence-electron chi connectivity index (χ0n) is 13.3. The first kappa shape index (κ1) is 19.8. The number of hydrogen-bond acceptors (Lipinski definition) is 5. The first-order chi connectivity index (χ1) is 11.0. The van der Waals surface area contributed by atoms with Gasteiger partial charge < -0.3 is 0 Å². The predicted molar refractivity (Wildman–Crippen MR) is 115 cm³/mol. The van der Waals surface area contributed by atoms with Gasteiger partial charge in [0.05, 0.1) is 4.58 Å². The maximum atomic E-state index is 11.6. The van der Waals surface area contributed by atoms with Crippen LogP contribution in [0.3, 0.4) is 0 Å². The standard InChI is InChI=1S/C17H21BrOS4/c1-11(2)16(19)22-12(3)8-20-9-15-10-21-17(23-15)13-4-6-14(18)7-5-13/h4-7,12,15,17H,1,8-10H2,2-3H3. The highest BCUT2D eigenvalue weighted by molar-refractivity contribution is 9.10. The number of thioether (sulfide) groups is 4. The normalized spacial score (nSPS) is 22.0. The molecule has 0 amide bonds. The van der Waals surface area contributed by atoms with E-state index in [2.05, 4.69) is 65.5 Å². The first-order valence-corrected chi connectivity index (χ1v) is 12.2. The third kappa shape index (κ3) is 6.73. The number of halogens is 1. The van der Waals surface area contributed by atoms with Gasteiger partial charge >= 0.3 is 0 Å². The van der Waals surface area contributed by atoms with Crippen molar-refractivity contribution >= 4 is 68.1 Å². The molecule has 0 bridgehead atoms. The molecule has 1 aliphatic heterocycles. The van der Waals surface area contributed by atoms with Crippen LogP contribution in [0.1, 0.15) is 24.0 Å². The van der Waals surface area contributed by atoms with Crippen LogP contribution in [-0.2, 0) is 4.79 Å². The summed E-state index contributed by atoms with van der Waals surface area (Å²) in [7, 11) is 0. The summed E-state index contributed by atoms with van der Waals surface area (Å²) in [5.41, 5.74) is 2.05. The Labute approximate surface area is 164 Å². The Balaban J connectivity index is 1.69. The Morgan fingerprint density at radius 2 is 2.13 bits per heavy atom. The van der Waals surface area contributed by atoms with Crippen molar-refractivity contribution in [3.05, 3.63) is 46.5 Å². The first-order valence-electron chi connectivity index (χ1n) is 7.42. The lowest BCUT2D eigenvalue weighted by atomic mass is 10.2. The van der Waals surface area contributed by atoms with E-state index < -0.39 is 0 Å². The number of benzene rings is 1. The molecule has 1 aromatic rings. The van der Waals surface area contributed by atoms with Gasteiger partial charge in [0.25, 0.3) is 0 Å². The highest BCUT2D eigenvalue weighted by Gasteiger charge is 2.27. The van der Waals surface area contributed by atoms with Crippen molar-refractivity contribution < 1.29 is 4.79 Å². The summed E-state index contributed by atoms with van der Waals surface area (Å²) in [5, 5.41) is 1.18. The zero-order valence-corrected chi connectivity index (χ0v) is 18.1. The maximum absolute atomic E-state index is 11.6. The largest absolute Gasteiger partial charge is 0.282 e. The summed E-state index contributed by atoms with van der Waals surface area (Å²) in [6.07, 6.45) is 0. The smallest absolute Gasteiger partial charge is 0.214 e. The van der Waals surface area contributed by atoms with Crippen LogP contribution in [0.2, 0.25) is 0 Å². The third-order valence-electron chi connectivity index (χ3n) is 3.20. The fourth-order valence-corrected chi connectivity index (χ4v) is 8.10. The highest BCUT2D eigenvalue weighted by Crippen LogP contribution is 2.50. The molecule has 0 saturated carbocycles. The van der Waals surface area contributed by atoms with Crippen LogP contribution < -0.4 is 0 Å². The third-order valence-corrected chi connectivity index (χ3v) is 10.0. The summed E-state index contributed by atoms with van der Waals surface area (Å²) < 4.78 is 1.70. The Kier molecular flexibility index (Phi) is 8.50. The predicted octanol–water partition coefficient (Wildman–Crippen LogP) is 6.25. The molecule has 0 spiro atoms.